The van der Waals surface area contributed by atoms with Crippen LogP contribution < -0.4 is 0 Å². The standard InChI is InChI=1S/FH.H2O.H2S.Si/h1H;2*1H2;. The van der Waals surface area contributed by atoms with E-state index in [4.69, 9.17) is 0 Å². The van der Waals surface area contributed by atoms with Crippen LogP contribution in [0.2, 0.25) is 0 Å². The van der Waals surface area contributed by atoms with Gasteiger partial charge in [-0.2, -0.15) is 13.5 Å². The summed E-state index contributed by atoms with van der Waals surface area (Å²) in [6, 6.07) is 0. The molecule has 0 fully saturated rings. The van der Waals surface area contributed by atoms with Gasteiger partial charge >= 0.3 is 0 Å². The van der Waals surface area contributed by atoms with Crippen molar-refractivity contribution in [3.8, 4) is 0 Å². The van der Waals surface area contributed by atoms with E-state index in [-0.39, 0.29) is 34.6 Å². The fourth-order valence-corrected chi connectivity index (χ4v) is 0. The van der Waals surface area contributed by atoms with Gasteiger partial charge in [0.15, 0.2) is 0 Å². The molecule has 0 aromatic heterocycles. The Labute approximate surface area is 35.5 Å². The smallest absolute Gasteiger partial charge is 0 e. The lowest BCUT2D eigenvalue weighted by atomic mass is 16.0. The van der Waals surface area contributed by atoms with Crippen LogP contribution in [0.4, 0.5) is 4.70 Å². The fourth-order valence-electron chi connectivity index (χ4n) is 0. The minimum Gasteiger partial charge on any atom is -0.412 e. The molecule has 0 bridgehead atoms. The zero-order valence-electron chi connectivity index (χ0n) is 1.91. The molecule has 1 nitrogen and oxygen atoms in total. The molecular formula is H5FOSSi. The average molecular weight is 100 g/mol. The average Bonchev–Trinajstić information content (AvgIpc) is 0. The van der Waals surface area contributed by atoms with Crippen molar-refractivity contribution in [2.45, 2.75) is 0 Å². The lowest BCUT2D eigenvalue weighted by Crippen LogP contribution is -0.381. The highest BCUT2D eigenvalue weighted by Crippen LogP contribution is 0.648. The molecule has 0 amide bonds. The maximum absolute atomic E-state index is 0. The Hall–Kier alpha value is 0.457. The largest absolute Gasteiger partial charge is 0.412 e. The van der Waals surface area contributed by atoms with Crippen molar-refractivity contribution in [2.24, 2.45) is 0 Å². The number of halogens is 1. The second-order valence-electron chi connectivity index (χ2n) is 0. The van der Waals surface area contributed by atoms with Gasteiger partial charge < -0.3 is 5.48 Å². The van der Waals surface area contributed by atoms with E-state index in [1.54, 1.807) is 0 Å². The van der Waals surface area contributed by atoms with Crippen molar-refractivity contribution in [1.29, 1.82) is 0 Å². The number of rotatable bonds is 0. The molecule has 0 atom stereocenters. The Morgan fingerprint density at radius 3 is 1.00 bits per heavy atom. The van der Waals surface area contributed by atoms with Crippen molar-refractivity contribution in [1.82, 2.24) is 0 Å². The summed E-state index contributed by atoms with van der Waals surface area (Å²) < 4.78 is 0. The van der Waals surface area contributed by atoms with Crippen LogP contribution in [0.5, 0.6) is 0 Å². The van der Waals surface area contributed by atoms with Crippen LogP contribution in [0.1, 0.15) is 0 Å². The summed E-state index contributed by atoms with van der Waals surface area (Å²) in [7, 11) is 0. The highest BCUT2D eigenvalue weighted by molar-refractivity contribution is 7.59. The van der Waals surface area contributed by atoms with Gasteiger partial charge in [0.1, 0.15) is 0 Å². The first-order valence-corrected chi connectivity index (χ1v) is 0. The fraction of sp³-hybridized carbons (Fsp3) is 0. The van der Waals surface area contributed by atoms with Crippen molar-refractivity contribution in [2.75, 3.05) is 0 Å². The Morgan fingerprint density at radius 1 is 1.00 bits per heavy atom. The van der Waals surface area contributed by atoms with E-state index in [1.807, 2.05) is 0 Å². The van der Waals surface area contributed by atoms with Gasteiger partial charge in [-0.05, 0) is 0 Å². The van der Waals surface area contributed by atoms with Crippen LogP contribution in [0.3, 0.4) is 0 Å². The van der Waals surface area contributed by atoms with Crippen molar-refractivity contribution in [3.63, 3.8) is 0 Å². The molecule has 4 radical (unpaired) electrons. The summed E-state index contributed by atoms with van der Waals surface area (Å²) in [5, 5.41) is 0. The van der Waals surface area contributed by atoms with E-state index in [0.29, 0.717) is 0 Å². The summed E-state index contributed by atoms with van der Waals surface area (Å²) in [5.41, 5.74) is 0. The first kappa shape index (κ1) is 255. The molecule has 0 aliphatic rings. The van der Waals surface area contributed by atoms with Crippen molar-refractivity contribution in [3.05, 3.63) is 0 Å². The highest BCUT2D eigenvalue weighted by Gasteiger charge is 0.0000113. The van der Waals surface area contributed by atoms with Crippen molar-refractivity contribution < 1.29 is 10.2 Å². The number of hydrogen-bond donors (Lipinski definition) is 0. The molecule has 4 heavy (non-hydrogen) atoms. The van der Waals surface area contributed by atoms with E-state index < -0.39 is 0 Å². The molecule has 0 saturated carbocycles. The zero-order valence-corrected chi connectivity index (χ0v) is 3.91. The molecule has 0 spiro atoms. The predicted molar refractivity (Wildman–Crippen MR) is 22.3 cm³/mol. The Kier molecular flexibility index (Phi) is 6380. The van der Waals surface area contributed by atoms with Gasteiger partial charge in [0.05, 0.1) is 0 Å². The predicted octanol–water partition coefficient (Wildman–Crippen LogP) is -0.940. The van der Waals surface area contributed by atoms with Crippen LogP contribution in [0.15, 0.2) is 0 Å². The molecule has 0 aliphatic heterocycles. The summed E-state index contributed by atoms with van der Waals surface area (Å²) in [6.45, 7) is 0. The summed E-state index contributed by atoms with van der Waals surface area (Å²) in [6.07, 6.45) is 0. The molecule has 0 unspecified atom stereocenters. The van der Waals surface area contributed by atoms with Gasteiger partial charge in [0.25, 0.3) is 0 Å². The molecular weight excluding hydrogens is 95.1 g/mol. The lowest BCUT2D eigenvalue weighted by Gasteiger charge is -0.412. The first-order valence-electron chi connectivity index (χ1n) is 0. The van der Waals surface area contributed by atoms with Crippen LogP contribution in [-0.4, -0.2) is 16.4 Å². The third-order valence-electron chi connectivity index (χ3n) is 0. The number of hydrogen-bond acceptors (Lipinski definition) is 0. The van der Waals surface area contributed by atoms with Gasteiger partial charge in [-0.25, -0.2) is 0 Å². The Bertz CT molecular complexity index is 8.00. The maximum atomic E-state index is 0. The second kappa shape index (κ2) is 100.0. The van der Waals surface area contributed by atoms with Gasteiger partial charge in [-0.15, -0.1) is 0 Å². The highest BCUT2D eigenvalue weighted by atomic mass is 32.1. The van der Waals surface area contributed by atoms with Crippen LogP contribution >= 0.6 is 13.5 Å². The first-order chi connectivity index (χ1) is 0. The third kappa shape index (κ3) is 25.0. The molecule has 0 aromatic carbocycles. The molecule has 0 rings (SSSR count). The molecule has 28 valence electrons. The SMILES string of the molecule is F.O.S.[Si]. The minimum absolute atomic E-state index is 0. The van der Waals surface area contributed by atoms with Crippen LogP contribution in [0.25, 0.3) is 0 Å². The topological polar surface area (TPSA) is 31.5 Å². The molecule has 4 heteroatoms. The molecule has 0 heterocycles. The van der Waals surface area contributed by atoms with Crippen LogP contribution in [-0.2, 0) is 0 Å². The third-order valence-corrected chi connectivity index (χ3v) is 0. The van der Waals surface area contributed by atoms with Gasteiger partial charge in [0, 0.05) is 11.0 Å². The van der Waals surface area contributed by atoms with E-state index in [2.05, 4.69) is 0 Å². The maximum Gasteiger partial charge on any atom is 0 e. The van der Waals surface area contributed by atoms with Gasteiger partial charge in [-0.1, -0.05) is 0 Å². The van der Waals surface area contributed by atoms with Crippen LogP contribution in [0, 0.1) is 0 Å². The summed E-state index contributed by atoms with van der Waals surface area (Å²) in [5.74, 6) is 0. The van der Waals surface area contributed by atoms with E-state index in [0.717, 1.165) is 0 Å². The normalized spacial score (nSPS) is 0. The quantitative estimate of drug-likeness (QED) is 0.352. The zero-order chi connectivity index (χ0) is 0. The lowest BCUT2D eigenvalue weighted by molar-refractivity contribution is 0.824. The monoisotopic (exact) mass is 100.0 g/mol. The van der Waals surface area contributed by atoms with E-state index in [9.17, 15) is 0 Å². The Balaban J connectivity index is 0. The van der Waals surface area contributed by atoms with E-state index in [1.165, 1.54) is 0 Å². The van der Waals surface area contributed by atoms with E-state index >= 15 is 0 Å². The summed E-state index contributed by atoms with van der Waals surface area (Å²) >= 11 is 0. The summed E-state index contributed by atoms with van der Waals surface area (Å²) in [4.78, 5) is 0. The van der Waals surface area contributed by atoms with Gasteiger partial charge in [-0.3, -0.25) is 4.70 Å². The molecule has 0 aromatic rings. The minimum atomic E-state index is 0. The Morgan fingerprint density at radius 2 is 1.00 bits per heavy atom. The molecule has 2 N–H and O–H groups in total. The van der Waals surface area contributed by atoms with Gasteiger partial charge in [0.2, 0.25) is 0 Å². The second-order valence-corrected chi connectivity index (χ2v) is 0. The molecule has 0 aliphatic carbocycles. The van der Waals surface area contributed by atoms with Crippen molar-refractivity contribution >= 4 is 24.5 Å². The molecule has 0 saturated heterocycles.